The highest BCUT2D eigenvalue weighted by Gasteiger charge is 2.15. The van der Waals surface area contributed by atoms with Crippen molar-refractivity contribution in [3.63, 3.8) is 0 Å². The summed E-state index contributed by atoms with van der Waals surface area (Å²) in [5.41, 5.74) is 3.00. The summed E-state index contributed by atoms with van der Waals surface area (Å²) >= 11 is 6.47. The Morgan fingerprint density at radius 2 is 1.82 bits per heavy atom. The molecule has 0 saturated heterocycles. The van der Waals surface area contributed by atoms with E-state index in [0.29, 0.717) is 41.0 Å². The van der Waals surface area contributed by atoms with Gasteiger partial charge < -0.3 is 19.9 Å². The molecule has 168 valence electrons. The van der Waals surface area contributed by atoms with Gasteiger partial charge in [0.05, 0.1) is 11.6 Å². The van der Waals surface area contributed by atoms with Gasteiger partial charge >= 0.3 is 0 Å². The molecule has 3 aromatic rings. The molecule has 33 heavy (non-hydrogen) atoms. The van der Waals surface area contributed by atoms with Crippen molar-refractivity contribution in [3.05, 3.63) is 87.9 Å². The molecule has 0 heterocycles. The van der Waals surface area contributed by atoms with Crippen molar-refractivity contribution in [2.45, 2.75) is 20.5 Å². The highest BCUT2D eigenvalue weighted by atomic mass is 35.5. The predicted molar refractivity (Wildman–Crippen MR) is 128 cm³/mol. The van der Waals surface area contributed by atoms with Gasteiger partial charge in [0.15, 0.2) is 11.5 Å². The van der Waals surface area contributed by atoms with Crippen LogP contribution in [-0.4, -0.2) is 17.6 Å². The van der Waals surface area contributed by atoms with Gasteiger partial charge in [-0.05, 0) is 67.4 Å². The highest BCUT2D eigenvalue weighted by molar-refractivity contribution is 6.32. The Bertz CT molecular complexity index is 1200. The van der Waals surface area contributed by atoms with Crippen molar-refractivity contribution in [1.82, 2.24) is 0 Å². The SMILES string of the molecule is CCOc1cc(/C=C(\C#N)C(=O)Nc2ccc(O)cc2)cc(Cl)c1OCc1ccc(C)cc1. The smallest absolute Gasteiger partial charge is 0.266 e. The molecule has 0 aliphatic heterocycles. The zero-order valence-electron chi connectivity index (χ0n) is 18.3. The van der Waals surface area contributed by atoms with E-state index in [2.05, 4.69) is 5.32 Å². The number of carbonyl (C=O) groups is 1. The molecule has 0 aliphatic carbocycles. The number of halogens is 1. The van der Waals surface area contributed by atoms with E-state index in [-0.39, 0.29) is 11.3 Å². The van der Waals surface area contributed by atoms with Crippen molar-refractivity contribution in [1.29, 1.82) is 5.26 Å². The minimum atomic E-state index is -0.586. The number of phenolic OH excluding ortho intramolecular Hbond substituents is 1. The average molecular weight is 463 g/mol. The van der Waals surface area contributed by atoms with E-state index in [0.717, 1.165) is 11.1 Å². The van der Waals surface area contributed by atoms with Crippen LogP contribution in [0.5, 0.6) is 17.2 Å². The first-order chi connectivity index (χ1) is 15.9. The minimum Gasteiger partial charge on any atom is -0.508 e. The van der Waals surface area contributed by atoms with Gasteiger partial charge in [-0.25, -0.2) is 0 Å². The Morgan fingerprint density at radius 1 is 1.12 bits per heavy atom. The number of hydrogen-bond acceptors (Lipinski definition) is 5. The third kappa shape index (κ3) is 6.52. The Kier molecular flexibility index (Phi) is 7.96. The highest BCUT2D eigenvalue weighted by Crippen LogP contribution is 2.38. The number of aromatic hydroxyl groups is 1. The fourth-order valence-corrected chi connectivity index (χ4v) is 3.25. The maximum absolute atomic E-state index is 12.5. The molecule has 0 fully saturated rings. The summed E-state index contributed by atoms with van der Waals surface area (Å²) in [6.45, 7) is 4.55. The Balaban J connectivity index is 1.83. The van der Waals surface area contributed by atoms with Crippen molar-refractivity contribution >= 4 is 29.3 Å². The lowest BCUT2D eigenvalue weighted by Crippen LogP contribution is -2.13. The van der Waals surface area contributed by atoms with Gasteiger partial charge in [-0.1, -0.05) is 41.4 Å². The van der Waals surface area contributed by atoms with Gasteiger partial charge in [0.2, 0.25) is 0 Å². The number of phenols is 1. The van der Waals surface area contributed by atoms with Crippen LogP contribution < -0.4 is 14.8 Å². The molecular formula is C26H23ClN2O4. The number of amides is 1. The molecule has 0 unspecified atom stereocenters. The van der Waals surface area contributed by atoms with Gasteiger partial charge in [-0.2, -0.15) is 5.26 Å². The maximum Gasteiger partial charge on any atom is 0.266 e. The number of rotatable bonds is 8. The van der Waals surface area contributed by atoms with Crippen LogP contribution >= 0.6 is 11.6 Å². The number of anilines is 1. The lowest BCUT2D eigenvalue weighted by atomic mass is 10.1. The molecule has 0 saturated carbocycles. The van der Waals surface area contributed by atoms with Crippen molar-refractivity contribution in [2.75, 3.05) is 11.9 Å². The van der Waals surface area contributed by atoms with E-state index in [1.165, 1.54) is 30.3 Å². The van der Waals surface area contributed by atoms with E-state index >= 15 is 0 Å². The van der Waals surface area contributed by atoms with Crippen molar-refractivity contribution < 1.29 is 19.4 Å². The summed E-state index contributed by atoms with van der Waals surface area (Å²) in [4.78, 5) is 12.5. The number of nitrogens with zero attached hydrogens (tertiary/aromatic N) is 1. The molecule has 3 aromatic carbocycles. The van der Waals surface area contributed by atoms with E-state index in [4.69, 9.17) is 21.1 Å². The second-order valence-corrected chi connectivity index (χ2v) is 7.62. The lowest BCUT2D eigenvalue weighted by molar-refractivity contribution is -0.112. The summed E-state index contributed by atoms with van der Waals surface area (Å²) < 4.78 is 11.6. The molecule has 7 heteroatoms. The van der Waals surface area contributed by atoms with Gasteiger partial charge in [0.1, 0.15) is 24.0 Å². The number of ether oxygens (including phenoxy) is 2. The van der Waals surface area contributed by atoms with Crippen LogP contribution in [0.3, 0.4) is 0 Å². The Hall–Kier alpha value is -3.95. The third-order valence-corrected chi connectivity index (χ3v) is 4.92. The molecule has 0 bridgehead atoms. The second-order valence-electron chi connectivity index (χ2n) is 7.21. The molecular weight excluding hydrogens is 440 g/mol. The van der Waals surface area contributed by atoms with Gasteiger partial charge in [-0.15, -0.1) is 0 Å². The largest absolute Gasteiger partial charge is 0.508 e. The van der Waals surface area contributed by atoms with Crippen LogP contribution in [0.4, 0.5) is 5.69 Å². The first-order valence-electron chi connectivity index (χ1n) is 10.3. The number of carbonyl (C=O) groups excluding carboxylic acids is 1. The zero-order valence-corrected chi connectivity index (χ0v) is 19.0. The van der Waals surface area contributed by atoms with Crippen LogP contribution in [0.2, 0.25) is 5.02 Å². The topological polar surface area (TPSA) is 91.6 Å². The molecule has 0 radical (unpaired) electrons. The molecule has 0 atom stereocenters. The van der Waals surface area contributed by atoms with Crippen molar-refractivity contribution in [2.24, 2.45) is 0 Å². The summed E-state index contributed by atoms with van der Waals surface area (Å²) in [5.74, 6) is 0.298. The van der Waals surface area contributed by atoms with Gasteiger partial charge in [-0.3, -0.25) is 4.79 Å². The third-order valence-electron chi connectivity index (χ3n) is 4.64. The fraction of sp³-hybridized carbons (Fsp3) is 0.154. The van der Waals surface area contributed by atoms with Gasteiger partial charge in [0, 0.05) is 5.69 Å². The number of nitriles is 1. The monoisotopic (exact) mass is 462 g/mol. The fourth-order valence-electron chi connectivity index (χ4n) is 2.97. The maximum atomic E-state index is 12.5. The standard InChI is InChI=1S/C26H23ClN2O4/c1-3-32-24-14-19(12-20(15-28)26(31)29-21-8-10-22(30)11-9-21)13-23(27)25(24)33-16-18-6-4-17(2)5-7-18/h4-14,30H,3,16H2,1-2H3,(H,29,31)/b20-12+. The van der Waals surface area contributed by atoms with Crippen molar-refractivity contribution in [3.8, 4) is 23.3 Å². The average Bonchev–Trinajstić information content (AvgIpc) is 2.79. The van der Waals surface area contributed by atoms with E-state index < -0.39 is 5.91 Å². The van der Waals surface area contributed by atoms with Crippen LogP contribution in [0.15, 0.2) is 66.2 Å². The molecule has 1 amide bonds. The van der Waals surface area contributed by atoms with Crippen LogP contribution in [-0.2, 0) is 11.4 Å². The normalized spacial score (nSPS) is 10.9. The Morgan fingerprint density at radius 3 is 2.45 bits per heavy atom. The summed E-state index contributed by atoms with van der Waals surface area (Å²) in [5, 5.41) is 21.8. The molecule has 0 spiro atoms. The lowest BCUT2D eigenvalue weighted by Gasteiger charge is -2.15. The summed E-state index contributed by atoms with van der Waals surface area (Å²) in [6, 6.07) is 19.1. The van der Waals surface area contributed by atoms with Gasteiger partial charge in [0.25, 0.3) is 5.91 Å². The molecule has 0 aromatic heterocycles. The second kappa shape index (κ2) is 11.1. The van der Waals surface area contributed by atoms with Crippen LogP contribution in [0, 0.1) is 18.3 Å². The number of hydrogen-bond donors (Lipinski definition) is 2. The summed E-state index contributed by atoms with van der Waals surface area (Å²) in [6.07, 6.45) is 1.42. The molecule has 3 rings (SSSR count). The Labute approximate surface area is 197 Å². The predicted octanol–water partition coefficient (Wildman–Crippen LogP) is 5.88. The number of benzene rings is 3. The first kappa shape index (κ1) is 23.7. The summed E-state index contributed by atoms with van der Waals surface area (Å²) in [7, 11) is 0. The molecule has 6 nitrogen and oxygen atoms in total. The first-order valence-corrected chi connectivity index (χ1v) is 10.6. The van der Waals surface area contributed by atoms with Crippen LogP contribution in [0.25, 0.3) is 6.08 Å². The van der Waals surface area contributed by atoms with E-state index in [1.807, 2.05) is 44.2 Å². The van der Waals surface area contributed by atoms with Crippen LogP contribution in [0.1, 0.15) is 23.6 Å². The zero-order chi connectivity index (χ0) is 23.8. The molecule has 2 N–H and O–H groups in total. The molecule has 0 aliphatic rings. The number of aryl methyl sites for hydroxylation is 1. The quantitative estimate of drug-likeness (QED) is 0.248. The van der Waals surface area contributed by atoms with E-state index in [1.54, 1.807) is 12.1 Å². The van der Waals surface area contributed by atoms with E-state index in [9.17, 15) is 15.2 Å². The number of nitrogens with one attached hydrogen (secondary N) is 1. The minimum absolute atomic E-state index is 0.0758.